The van der Waals surface area contributed by atoms with Gasteiger partial charge >= 0.3 is 0 Å². The second-order valence-corrected chi connectivity index (χ2v) is 15.5. The first-order chi connectivity index (χ1) is 25.2. The third-order valence-corrected chi connectivity index (χ3v) is 11.8. The highest BCUT2D eigenvalue weighted by molar-refractivity contribution is 6.16. The molecule has 0 fully saturated rings. The maximum atomic E-state index is 2.62. The van der Waals surface area contributed by atoms with Crippen molar-refractivity contribution in [2.75, 3.05) is 4.90 Å². The fourth-order valence-corrected chi connectivity index (χ4v) is 9.58. The van der Waals surface area contributed by atoms with Crippen molar-refractivity contribution in [1.82, 2.24) is 9.13 Å². The molecule has 0 amide bonds. The van der Waals surface area contributed by atoms with Crippen LogP contribution < -0.4 is 4.90 Å². The van der Waals surface area contributed by atoms with Gasteiger partial charge in [-0.15, -0.1) is 0 Å². The lowest BCUT2D eigenvalue weighted by molar-refractivity contribution is 0.880. The van der Waals surface area contributed by atoms with Crippen LogP contribution in [0.2, 0.25) is 0 Å². The van der Waals surface area contributed by atoms with Crippen LogP contribution in [0, 0.1) is 41.5 Å². The largest absolute Gasteiger partial charge is 0.309 e. The molecule has 0 N–H and O–H groups in total. The van der Waals surface area contributed by atoms with Gasteiger partial charge in [-0.1, -0.05) is 81.9 Å². The van der Waals surface area contributed by atoms with Crippen molar-refractivity contribution in [3.63, 3.8) is 0 Å². The van der Waals surface area contributed by atoms with Crippen LogP contribution in [0.3, 0.4) is 0 Å². The molecule has 2 aliphatic rings. The molecule has 4 heterocycles. The minimum atomic E-state index is 0.0726. The normalized spacial score (nSPS) is 14.2. The van der Waals surface area contributed by atoms with Gasteiger partial charge in [-0.25, -0.2) is 0 Å². The van der Waals surface area contributed by atoms with E-state index in [2.05, 4.69) is 177 Å². The molecule has 9 aromatic rings. The predicted molar refractivity (Wildman–Crippen MR) is 219 cm³/mol. The van der Waals surface area contributed by atoms with Crippen LogP contribution in [-0.2, 0) is 0 Å². The van der Waals surface area contributed by atoms with Crippen LogP contribution in [0.4, 0.5) is 17.1 Å². The predicted octanol–water partition coefficient (Wildman–Crippen LogP) is 13.0. The Morgan fingerprint density at radius 2 is 0.885 bits per heavy atom. The summed E-state index contributed by atoms with van der Waals surface area (Å²) in [5, 5.41) is 5.32. The van der Waals surface area contributed by atoms with Gasteiger partial charge in [0.1, 0.15) is 0 Å². The lowest BCUT2D eigenvalue weighted by Crippen LogP contribution is -2.24. The van der Waals surface area contributed by atoms with Crippen molar-refractivity contribution < 1.29 is 0 Å². The minimum absolute atomic E-state index is 0.0726. The van der Waals surface area contributed by atoms with E-state index in [0.717, 1.165) is 11.4 Å². The minimum Gasteiger partial charge on any atom is -0.309 e. The van der Waals surface area contributed by atoms with E-state index in [4.69, 9.17) is 0 Å². The molecule has 52 heavy (non-hydrogen) atoms. The van der Waals surface area contributed by atoms with E-state index < -0.39 is 0 Å². The molecule has 0 bridgehead atoms. The highest BCUT2D eigenvalue weighted by Gasteiger charge is 2.40. The maximum Gasteiger partial charge on any atom is 0.0765 e. The Bertz CT molecular complexity index is 2960. The zero-order valence-corrected chi connectivity index (χ0v) is 30.5. The highest BCUT2D eigenvalue weighted by atomic mass is 15.2. The molecule has 1 atom stereocenters. The first-order valence-corrected chi connectivity index (χ1v) is 18.5. The van der Waals surface area contributed by atoms with Crippen LogP contribution in [0.5, 0.6) is 0 Å². The number of hydrogen-bond donors (Lipinski definition) is 0. The summed E-state index contributed by atoms with van der Waals surface area (Å²) >= 11 is 0. The standard InChI is InChI=1S/C49H39N3/c1-27-7-13-33(14-8-27)50(34-15-9-28(2)10-16-34)44-20-19-43-46-45(39-25-31(5)23-37-35-21-29(3)11-17-41(35)51(43)47(37)39)40-26-32(6)24-38-36-22-30(4)12-18-42(36)52(48(38)40)49(44)46/h7-26,45H,1-6H3. The zero-order valence-electron chi connectivity index (χ0n) is 30.5. The number of rotatable bonds is 3. The van der Waals surface area contributed by atoms with Crippen molar-refractivity contribution in [3.05, 3.63) is 171 Å². The Morgan fingerprint density at radius 3 is 1.42 bits per heavy atom. The lowest BCUT2D eigenvalue weighted by atomic mass is 9.76. The molecule has 0 saturated heterocycles. The van der Waals surface area contributed by atoms with Crippen LogP contribution in [0.1, 0.15) is 56.0 Å². The number of aromatic nitrogens is 2. The van der Waals surface area contributed by atoms with E-state index in [1.807, 2.05) is 0 Å². The zero-order chi connectivity index (χ0) is 35.2. The Hall–Kier alpha value is -6.06. The van der Waals surface area contributed by atoms with Gasteiger partial charge in [0, 0.05) is 44.4 Å². The number of fused-ring (bicyclic) bond motifs is 10. The van der Waals surface area contributed by atoms with Crippen molar-refractivity contribution in [1.29, 1.82) is 0 Å². The van der Waals surface area contributed by atoms with Crippen LogP contribution >= 0.6 is 0 Å². The van der Waals surface area contributed by atoms with Crippen molar-refractivity contribution in [3.8, 4) is 11.4 Å². The first kappa shape index (κ1) is 29.6. The van der Waals surface area contributed by atoms with Gasteiger partial charge in [-0.3, -0.25) is 0 Å². The van der Waals surface area contributed by atoms with Gasteiger partial charge < -0.3 is 14.0 Å². The Labute approximate surface area is 304 Å². The molecule has 2 aliphatic heterocycles. The Balaban J connectivity index is 1.37. The summed E-state index contributed by atoms with van der Waals surface area (Å²) < 4.78 is 5.20. The molecule has 0 spiro atoms. The molecule has 11 rings (SSSR count). The summed E-state index contributed by atoms with van der Waals surface area (Å²) in [6.45, 7) is 13.3. The maximum absolute atomic E-state index is 2.62. The summed E-state index contributed by atoms with van der Waals surface area (Å²) in [5.74, 6) is 0.0726. The van der Waals surface area contributed by atoms with Gasteiger partial charge in [-0.2, -0.15) is 0 Å². The van der Waals surface area contributed by atoms with E-state index in [0.29, 0.717) is 0 Å². The second-order valence-electron chi connectivity index (χ2n) is 15.5. The monoisotopic (exact) mass is 669 g/mol. The average molecular weight is 670 g/mol. The van der Waals surface area contributed by atoms with Crippen LogP contribution in [0.15, 0.2) is 121 Å². The summed E-state index contributed by atoms with van der Waals surface area (Å²) in [6.07, 6.45) is 0. The molecule has 0 radical (unpaired) electrons. The summed E-state index contributed by atoms with van der Waals surface area (Å²) in [5.41, 5.74) is 23.0. The quantitative estimate of drug-likeness (QED) is 0.182. The number of benzene rings is 7. The summed E-state index contributed by atoms with van der Waals surface area (Å²) in [7, 11) is 0. The van der Waals surface area contributed by atoms with E-state index in [-0.39, 0.29) is 5.92 Å². The molecule has 2 aromatic heterocycles. The summed E-state index contributed by atoms with van der Waals surface area (Å²) in [6, 6.07) is 46.6. The molecule has 1 unspecified atom stereocenters. The Kier molecular flexibility index (Phi) is 5.85. The number of nitrogens with zero attached hydrogens (tertiary/aromatic N) is 3. The van der Waals surface area contributed by atoms with Crippen LogP contribution in [0.25, 0.3) is 55.0 Å². The van der Waals surface area contributed by atoms with Crippen molar-refractivity contribution >= 4 is 60.7 Å². The average Bonchev–Trinajstić information content (AvgIpc) is 3.62. The SMILES string of the molecule is Cc1ccc(N(c2ccc(C)cc2)c2ccc3c4c2-n2c5ccc(C)cc5c5cc(C)cc(c52)C4c2cc(C)cc4c5cc(C)ccc5n-3c24)cc1. The number of anilines is 3. The third-order valence-electron chi connectivity index (χ3n) is 11.8. The van der Waals surface area contributed by atoms with Crippen molar-refractivity contribution in [2.24, 2.45) is 0 Å². The number of hydrogen-bond acceptors (Lipinski definition) is 1. The van der Waals surface area contributed by atoms with E-state index in [9.17, 15) is 0 Å². The fourth-order valence-electron chi connectivity index (χ4n) is 9.58. The lowest BCUT2D eigenvalue weighted by Gasteiger charge is -2.38. The van der Waals surface area contributed by atoms with Gasteiger partial charge in [0.15, 0.2) is 0 Å². The second kappa shape index (κ2) is 10.3. The van der Waals surface area contributed by atoms with E-state index in [1.54, 1.807) is 0 Å². The van der Waals surface area contributed by atoms with Crippen LogP contribution in [-0.4, -0.2) is 9.13 Å². The van der Waals surface area contributed by atoms with Gasteiger partial charge in [0.05, 0.1) is 39.1 Å². The molecule has 0 saturated carbocycles. The summed E-state index contributed by atoms with van der Waals surface area (Å²) in [4.78, 5) is 2.48. The molecule has 3 nitrogen and oxygen atoms in total. The highest BCUT2D eigenvalue weighted by Crippen LogP contribution is 2.57. The van der Waals surface area contributed by atoms with Crippen molar-refractivity contribution in [2.45, 2.75) is 47.5 Å². The van der Waals surface area contributed by atoms with E-state index >= 15 is 0 Å². The Morgan fingerprint density at radius 1 is 0.423 bits per heavy atom. The smallest absolute Gasteiger partial charge is 0.0765 e. The fraction of sp³-hybridized carbons (Fsp3) is 0.143. The molecular formula is C49H39N3. The van der Waals surface area contributed by atoms with Gasteiger partial charge in [0.2, 0.25) is 0 Å². The molecule has 7 aromatic carbocycles. The molecular weight excluding hydrogens is 631 g/mol. The molecule has 3 heteroatoms. The van der Waals surface area contributed by atoms with Gasteiger partial charge in [-0.05, 0) is 125 Å². The van der Waals surface area contributed by atoms with Gasteiger partial charge in [0.25, 0.3) is 0 Å². The van der Waals surface area contributed by atoms with E-state index in [1.165, 1.54) is 111 Å². The third kappa shape index (κ3) is 3.86. The first-order valence-electron chi connectivity index (χ1n) is 18.5. The number of aryl methyl sites for hydroxylation is 6. The molecule has 250 valence electrons. The molecule has 0 aliphatic carbocycles. The topological polar surface area (TPSA) is 13.1 Å².